The highest BCUT2D eigenvalue weighted by molar-refractivity contribution is 7.98. The molecule has 2 heterocycles. The first-order valence-corrected chi connectivity index (χ1v) is 8.91. The summed E-state index contributed by atoms with van der Waals surface area (Å²) in [5, 5.41) is 14.5. The Hall–Kier alpha value is -2.20. The van der Waals surface area contributed by atoms with Crippen LogP contribution in [0.5, 0.6) is 0 Å². The lowest BCUT2D eigenvalue weighted by atomic mass is 10.2. The van der Waals surface area contributed by atoms with Crippen molar-refractivity contribution in [2.75, 3.05) is 19.3 Å². The molecule has 0 spiro atoms. The maximum atomic E-state index is 12.1. The summed E-state index contributed by atoms with van der Waals surface area (Å²) in [5.74, 6) is -2.77. The summed E-state index contributed by atoms with van der Waals surface area (Å²) >= 11 is 1.70. The van der Waals surface area contributed by atoms with Crippen LogP contribution in [0, 0.1) is 0 Å². The van der Waals surface area contributed by atoms with Crippen LogP contribution in [0.1, 0.15) is 16.9 Å². The number of halogens is 3. The van der Waals surface area contributed by atoms with Crippen LogP contribution >= 0.6 is 11.8 Å². The van der Waals surface area contributed by atoms with Crippen molar-refractivity contribution in [1.29, 1.82) is 0 Å². The Balaban J connectivity index is 0.000000298. The number of hydrogen-bond acceptors (Lipinski definition) is 4. The molecule has 3 rings (SSSR count). The van der Waals surface area contributed by atoms with Crippen molar-refractivity contribution >= 4 is 34.5 Å². The number of carboxylic acid groups (broad SMARTS) is 1. The third-order valence-electron chi connectivity index (χ3n) is 3.71. The predicted molar refractivity (Wildman–Crippen MR) is 92.5 cm³/mol. The molecular weight excluding hydrogens is 371 g/mol. The summed E-state index contributed by atoms with van der Waals surface area (Å²) in [6, 6.07) is 8.36. The maximum Gasteiger partial charge on any atom is 0.490 e. The molecule has 1 atom stereocenters. The number of carbonyl (C=O) groups is 2. The molecule has 1 aliphatic rings. The van der Waals surface area contributed by atoms with Crippen molar-refractivity contribution in [3.63, 3.8) is 0 Å². The fraction of sp³-hybridized carbons (Fsp3) is 0.375. The van der Waals surface area contributed by atoms with Crippen LogP contribution in [0.2, 0.25) is 0 Å². The summed E-state index contributed by atoms with van der Waals surface area (Å²) in [7, 11) is 0. The number of H-pyrrole nitrogens is 1. The van der Waals surface area contributed by atoms with Crippen molar-refractivity contribution in [2.24, 2.45) is 0 Å². The summed E-state index contributed by atoms with van der Waals surface area (Å²) in [6.45, 7) is 1.84. The number of hydrogen-bond donors (Lipinski definition) is 4. The topological polar surface area (TPSA) is 94.2 Å². The number of nitrogens with one attached hydrogen (secondary N) is 3. The van der Waals surface area contributed by atoms with Crippen LogP contribution in [-0.4, -0.2) is 53.5 Å². The zero-order chi connectivity index (χ0) is 19.3. The van der Waals surface area contributed by atoms with Gasteiger partial charge >= 0.3 is 12.1 Å². The minimum absolute atomic E-state index is 0.0180. The Labute approximate surface area is 151 Å². The zero-order valence-corrected chi connectivity index (χ0v) is 14.6. The van der Waals surface area contributed by atoms with Gasteiger partial charge in [-0.3, -0.25) is 4.79 Å². The molecule has 1 aromatic carbocycles. The van der Waals surface area contributed by atoms with E-state index in [0.717, 1.165) is 30.4 Å². The van der Waals surface area contributed by atoms with Crippen LogP contribution in [0.3, 0.4) is 0 Å². The lowest BCUT2D eigenvalue weighted by molar-refractivity contribution is -0.192. The Morgan fingerprint density at radius 1 is 1.31 bits per heavy atom. The first-order valence-electron chi connectivity index (χ1n) is 7.69. The Morgan fingerprint density at radius 2 is 2.00 bits per heavy atom. The molecule has 0 aliphatic carbocycles. The third-order valence-corrected chi connectivity index (χ3v) is 4.44. The van der Waals surface area contributed by atoms with E-state index < -0.39 is 12.1 Å². The van der Waals surface area contributed by atoms with E-state index in [2.05, 4.69) is 27.8 Å². The SMILES string of the molecule is CSc1ccc2cc(C(=O)N[C@@H]3CCNC3)[nH]c2c1.O=C(O)C(F)(F)F. The molecule has 26 heavy (non-hydrogen) atoms. The number of amides is 1. The van der Waals surface area contributed by atoms with E-state index in [-0.39, 0.29) is 11.9 Å². The zero-order valence-electron chi connectivity index (χ0n) is 13.8. The van der Waals surface area contributed by atoms with Crippen molar-refractivity contribution in [3.8, 4) is 0 Å². The van der Waals surface area contributed by atoms with Gasteiger partial charge in [0.25, 0.3) is 5.91 Å². The molecule has 6 nitrogen and oxygen atoms in total. The molecule has 1 fully saturated rings. The van der Waals surface area contributed by atoms with Crippen molar-refractivity contribution in [3.05, 3.63) is 30.0 Å². The fourth-order valence-corrected chi connectivity index (χ4v) is 2.84. The van der Waals surface area contributed by atoms with Gasteiger partial charge in [-0.25, -0.2) is 4.79 Å². The van der Waals surface area contributed by atoms with E-state index in [1.807, 2.05) is 18.4 Å². The molecule has 4 N–H and O–H groups in total. The minimum Gasteiger partial charge on any atom is -0.475 e. The van der Waals surface area contributed by atoms with Crippen molar-refractivity contribution < 1.29 is 27.9 Å². The number of alkyl halides is 3. The molecule has 0 unspecified atom stereocenters. The quantitative estimate of drug-likeness (QED) is 0.606. The molecule has 142 valence electrons. The van der Waals surface area contributed by atoms with E-state index in [1.54, 1.807) is 11.8 Å². The number of rotatable bonds is 3. The highest BCUT2D eigenvalue weighted by Crippen LogP contribution is 2.22. The number of aromatic nitrogens is 1. The van der Waals surface area contributed by atoms with Gasteiger partial charge in [-0.2, -0.15) is 13.2 Å². The smallest absolute Gasteiger partial charge is 0.475 e. The second-order valence-corrected chi connectivity index (χ2v) is 6.48. The van der Waals surface area contributed by atoms with E-state index in [9.17, 15) is 18.0 Å². The molecular formula is C16H18F3N3O3S. The van der Waals surface area contributed by atoms with Crippen LogP contribution in [0.25, 0.3) is 10.9 Å². The van der Waals surface area contributed by atoms with Crippen LogP contribution in [0.4, 0.5) is 13.2 Å². The molecule has 1 saturated heterocycles. The van der Waals surface area contributed by atoms with Gasteiger partial charge in [0.2, 0.25) is 0 Å². The van der Waals surface area contributed by atoms with E-state index in [1.165, 1.54) is 4.90 Å². The van der Waals surface area contributed by atoms with Gasteiger partial charge in [-0.15, -0.1) is 11.8 Å². The van der Waals surface area contributed by atoms with Crippen LogP contribution in [-0.2, 0) is 4.79 Å². The molecule has 10 heteroatoms. The molecule has 0 radical (unpaired) electrons. The monoisotopic (exact) mass is 389 g/mol. The summed E-state index contributed by atoms with van der Waals surface area (Å²) in [5.41, 5.74) is 1.65. The number of benzene rings is 1. The van der Waals surface area contributed by atoms with Gasteiger partial charge in [0.15, 0.2) is 0 Å². The Bertz CT molecular complexity index is 786. The Kier molecular flexibility index (Phi) is 6.54. The highest BCUT2D eigenvalue weighted by atomic mass is 32.2. The van der Waals surface area contributed by atoms with Crippen molar-refractivity contribution in [2.45, 2.75) is 23.5 Å². The van der Waals surface area contributed by atoms with Gasteiger partial charge in [0.05, 0.1) is 0 Å². The normalized spacial score (nSPS) is 16.8. The van der Waals surface area contributed by atoms with Crippen molar-refractivity contribution in [1.82, 2.24) is 15.6 Å². The molecule has 0 saturated carbocycles. The predicted octanol–water partition coefficient (Wildman–Crippen LogP) is 2.61. The van der Waals surface area contributed by atoms with Gasteiger partial charge in [0.1, 0.15) is 5.69 Å². The second kappa shape index (κ2) is 8.45. The number of carboxylic acids is 1. The first kappa shape index (κ1) is 20.1. The molecule has 1 aliphatic heterocycles. The lowest BCUT2D eigenvalue weighted by Crippen LogP contribution is -2.36. The van der Waals surface area contributed by atoms with E-state index >= 15 is 0 Å². The average Bonchev–Trinajstić information content (AvgIpc) is 3.22. The van der Waals surface area contributed by atoms with Crippen LogP contribution in [0.15, 0.2) is 29.2 Å². The molecule has 2 aromatic rings. The maximum absolute atomic E-state index is 12.1. The molecule has 1 aromatic heterocycles. The average molecular weight is 389 g/mol. The number of carbonyl (C=O) groups excluding carboxylic acids is 1. The molecule has 1 amide bonds. The van der Waals surface area contributed by atoms with Gasteiger partial charge < -0.3 is 20.7 Å². The fourth-order valence-electron chi connectivity index (χ4n) is 2.40. The Morgan fingerprint density at radius 3 is 2.54 bits per heavy atom. The third kappa shape index (κ3) is 5.40. The largest absolute Gasteiger partial charge is 0.490 e. The van der Waals surface area contributed by atoms with Gasteiger partial charge in [0, 0.05) is 28.4 Å². The number of aliphatic carboxylic acids is 1. The summed E-state index contributed by atoms with van der Waals surface area (Å²) in [4.78, 5) is 25.4. The standard InChI is InChI=1S/C14H17N3OS.C2HF3O2/c1-19-11-3-2-9-6-13(17-12(9)7-11)14(18)16-10-4-5-15-8-10;3-2(4,5)1(6)7/h2-3,6-7,10,15,17H,4-5,8H2,1H3,(H,16,18);(H,6,7)/t10-;/m1./s1. The summed E-state index contributed by atoms with van der Waals surface area (Å²) < 4.78 is 31.7. The second-order valence-electron chi connectivity index (χ2n) is 5.60. The lowest BCUT2D eigenvalue weighted by Gasteiger charge is -2.09. The first-order chi connectivity index (χ1) is 12.2. The highest BCUT2D eigenvalue weighted by Gasteiger charge is 2.38. The minimum atomic E-state index is -5.08. The molecule has 0 bridgehead atoms. The van der Waals surface area contributed by atoms with Gasteiger partial charge in [-0.1, -0.05) is 6.07 Å². The van der Waals surface area contributed by atoms with Gasteiger partial charge in [-0.05, 0) is 37.4 Å². The number of aromatic amines is 1. The van der Waals surface area contributed by atoms with E-state index in [4.69, 9.17) is 9.90 Å². The van der Waals surface area contributed by atoms with Crippen LogP contribution < -0.4 is 10.6 Å². The number of fused-ring (bicyclic) bond motifs is 1. The van der Waals surface area contributed by atoms with E-state index in [0.29, 0.717) is 5.69 Å². The number of thioether (sulfide) groups is 1. The summed E-state index contributed by atoms with van der Waals surface area (Å²) in [6.07, 6.45) is -2.03.